The van der Waals surface area contributed by atoms with Crippen LogP contribution >= 0.6 is 0 Å². The van der Waals surface area contributed by atoms with E-state index in [1.807, 2.05) is 0 Å². The Bertz CT molecular complexity index is 414. The van der Waals surface area contributed by atoms with Gasteiger partial charge in [-0.25, -0.2) is 0 Å². The molecule has 114 valence electrons. The summed E-state index contributed by atoms with van der Waals surface area (Å²) in [7, 11) is 1.18. The molecule has 0 aliphatic carbocycles. The van der Waals surface area contributed by atoms with E-state index in [1.54, 1.807) is 6.92 Å². The van der Waals surface area contributed by atoms with E-state index in [-0.39, 0.29) is 18.6 Å². The molecule has 0 fully saturated rings. The van der Waals surface area contributed by atoms with E-state index in [0.29, 0.717) is 0 Å². The number of carbonyl (C=O) groups excluding carboxylic acids is 3. The maximum Gasteiger partial charge on any atom is 0.319 e. The van der Waals surface area contributed by atoms with Crippen molar-refractivity contribution < 1.29 is 29.0 Å². The predicted octanol–water partition coefficient (Wildman–Crippen LogP) is 1.46. The molecule has 0 bridgehead atoms. The van der Waals surface area contributed by atoms with Gasteiger partial charge in [-0.1, -0.05) is 13.8 Å². The van der Waals surface area contributed by atoms with Crippen LogP contribution in [0.2, 0.25) is 0 Å². The van der Waals surface area contributed by atoms with Crippen molar-refractivity contribution in [1.82, 2.24) is 0 Å². The van der Waals surface area contributed by atoms with Crippen LogP contribution in [0.1, 0.15) is 40.5 Å². The van der Waals surface area contributed by atoms with E-state index in [0.717, 1.165) is 0 Å². The summed E-state index contributed by atoms with van der Waals surface area (Å²) in [6.45, 7) is 5.83. The Kier molecular flexibility index (Phi) is 6.55. The van der Waals surface area contributed by atoms with E-state index in [1.165, 1.54) is 27.9 Å². The van der Waals surface area contributed by atoms with Crippen molar-refractivity contribution in [2.24, 2.45) is 17.3 Å². The molecule has 0 heterocycles. The lowest BCUT2D eigenvalue weighted by molar-refractivity contribution is -0.159. The highest BCUT2D eigenvalue weighted by Gasteiger charge is 2.43. The Balaban J connectivity index is 5.24. The van der Waals surface area contributed by atoms with Gasteiger partial charge in [-0.05, 0) is 20.3 Å². The molecule has 0 spiro atoms. The largest absolute Gasteiger partial charge is 0.481 e. The van der Waals surface area contributed by atoms with Gasteiger partial charge in [-0.15, -0.1) is 0 Å². The number of Topliss-reactive ketones (excluding diaryl/α,β-unsaturated/α-hetero) is 2. The molecule has 6 heteroatoms. The Hall–Kier alpha value is -1.72. The maximum atomic E-state index is 12.3. The van der Waals surface area contributed by atoms with E-state index in [2.05, 4.69) is 4.74 Å². The third kappa shape index (κ3) is 3.88. The number of rotatable bonds is 8. The normalized spacial score (nSPS) is 16.6. The fraction of sp³-hybridized carbons (Fsp3) is 0.714. The number of ether oxygens (including phenoxy) is 1. The summed E-state index contributed by atoms with van der Waals surface area (Å²) >= 11 is 0. The molecule has 0 unspecified atom stereocenters. The number of carboxylic acids is 1. The van der Waals surface area contributed by atoms with Gasteiger partial charge >= 0.3 is 11.9 Å². The smallest absolute Gasteiger partial charge is 0.319 e. The summed E-state index contributed by atoms with van der Waals surface area (Å²) in [4.78, 5) is 46.5. The van der Waals surface area contributed by atoms with Gasteiger partial charge in [0, 0.05) is 12.3 Å². The van der Waals surface area contributed by atoms with E-state index >= 15 is 0 Å². The van der Waals surface area contributed by atoms with E-state index in [9.17, 15) is 19.2 Å². The summed E-state index contributed by atoms with van der Waals surface area (Å²) in [5.41, 5.74) is -1.38. The van der Waals surface area contributed by atoms with E-state index < -0.39 is 35.0 Å². The Labute approximate surface area is 118 Å². The summed E-state index contributed by atoms with van der Waals surface area (Å²) in [6.07, 6.45) is -0.158. The van der Waals surface area contributed by atoms with Crippen LogP contribution in [0.25, 0.3) is 0 Å². The first-order valence-electron chi connectivity index (χ1n) is 6.46. The molecule has 20 heavy (non-hydrogen) atoms. The van der Waals surface area contributed by atoms with Crippen molar-refractivity contribution >= 4 is 23.5 Å². The van der Waals surface area contributed by atoms with Gasteiger partial charge < -0.3 is 9.84 Å². The summed E-state index contributed by atoms with van der Waals surface area (Å²) < 4.78 is 4.60. The number of ketones is 2. The molecule has 0 aromatic carbocycles. The maximum absolute atomic E-state index is 12.3. The number of hydrogen-bond donors (Lipinski definition) is 1. The second-order valence-corrected chi connectivity index (χ2v) is 5.15. The summed E-state index contributed by atoms with van der Waals surface area (Å²) in [5.74, 6) is -4.64. The first kappa shape index (κ1) is 18.3. The number of hydrogen-bond acceptors (Lipinski definition) is 5. The predicted molar refractivity (Wildman–Crippen MR) is 71.0 cm³/mol. The third-order valence-corrected chi connectivity index (χ3v) is 3.93. The minimum Gasteiger partial charge on any atom is -0.481 e. The lowest BCUT2D eigenvalue weighted by atomic mass is 9.76. The molecule has 0 radical (unpaired) electrons. The van der Waals surface area contributed by atoms with Gasteiger partial charge in [-0.2, -0.15) is 0 Å². The van der Waals surface area contributed by atoms with E-state index in [4.69, 9.17) is 5.11 Å². The van der Waals surface area contributed by atoms with Crippen molar-refractivity contribution in [2.45, 2.75) is 40.5 Å². The molecule has 6 nitrogen and oxygen atoms in total. The first-order chi connectivity index (χ1) is 9.11. The second-order valence-electron chi connectivity index (χ2n) is 5.15. The highest BCUT2D eigenvalue weighted by atomic mass is 16.5. The number of esters is 1. The average Bonchev–Trinajstić information content (AvgIpc) is 2.40. The van der Waals surface area contributed by atoms with Gasteiger partial charge in [-0.3, -0.25) is 19.2 Å². The molecule has 0 aliphatic heterocycles. The van der Waals surface area contributed by atoms with Crippen molar-refractivity contribution in [2.75, 3.05) is 7.11 Å². The number of carbonyl (C=O) groups is 4. The van der Waals surface area contributed by atoms with Crippen LogP contribution in [-0.4, -0.2) is 35.7 Å². The zero-order valence-electron chi connectivity index (χ0n) is 12.6. The lowest BCUT2D eigenvalue weighted by Gasteiger charge is -2.26. The Morgan fingerprint density at radius 3 is 2.05 bits per heavy atom. The minimum absolute atomic E-state index is 0.208. The number of carboxylic acid groups (broad SMARTS) is 1. The zero-order valence-corrected chi connectivity index (χ0v) is 12.6. The molecule has 0 rings (SSSR count). The Morgan fingerprint density at radius 2 is 1.75 bits per heavy atom. The molecular weight excluding hydrogens is 264 g/mol. The van der Waals surface area contributed by atoms with Gasteiger partial charge in [0.1, 0.15) is 11.2 Å². The number of aliphatic carboxylic acids is 1. The van der Waals surface area contributed by atoms with Gasteiger partial charge in [0.2, 0.25) is 0 Å². The SMILES string of the molecule is CC[C@@](C)(C(=O)C[C@@H](C(=O)O)[C@@H](C)C(C)=O)C(=O)OC. The average molecular weight is 286 g/mol. The van der Waals surface area contributed by atoms with Crippen molar-refractivity contribution in [3.05, 3.63) is 0 Å². The van der Waals surface area contributed by atoms with Crippen LogP contribution in [0.4, 0.5) is 0 Å². The van der Waals surface area contributed by atoms with Gasteiger partial charge in [0.05, 0.1) is 13.0 Å². The Morgan fingerprint density at radius 1 is 1.25 bits per heavy atom. The van der Waals surface area contributed by atoms with Crippen molar-refractivity contribution in [3.63, 3.8) is 0 Å². The van der Waals surface area contributed by atoms with Crippen molar-refractivity contribution in [3.8, 4) is 0 Å². The molecule has 0 amide bonds. The molecule has 0 saturated heterocycles. The fourth-order valence-corrected chi connectivity index (χ4v) is 1.87. The first-order valence-corrected chi connectivity index (χ1v) is 6.46. The van der Waals surface area contributed by atoms with Crippen LogP contribution < -0.4 is 0 Å². The quantitative estimate of drug-likeness (QED) is 0.536. The fourth-order valence-electron chi connectivity index (χ4n) is 1.87. The second kappa shape index (κ2) is 7.17. The molecule has 3 atom stereocenters. The molecular formula is C14H22O6. The molecule has 1 N–H and O–H groups in total. The minimum atomic E-state index is -1.38. The molecule has 0 aromatic heterocycles. The molecule has 0 saturated carbocycles. The van der Waals surface area contributed by atoms with Crippen LogP contribution in [0, 0.1) is 17.3 Å². The molecule has 0 aromatic rings. The zero-order chi connectivity index (χ0) is 16.1. The van der Waals surface area contributed by atoms with Crippen LogP contribution in [0.3, 0.4) is 0 Å². The van der Waals surface area contributed by atoms with Crippen LogP contribution in [0.15, 0.2) is 0 Å². The topological polar surface area (TPSA) is 97.7 Å². The summed E-state index contributed by atoms with van der Waals surface area (Å²) in [6, 6.07) is 0. The molecule has 0 aliphatic rings. The highest BCUT2D eigenvalue weighted by molar-refractivity contribution is 6.04. The highest BCUT2D eigenvalue weighted by Crippen LogP contribution is 2.29. The van der Waals surface area contributed by atoms with Crippen LogP contribution in [0.5, 0.6) is 0 Å². The van der Waals surface area contributed by atoms with Gasteiger partial charge in [0.15, 0.2) is 5.78 Å². The number of methoxy groups -OCH3 is 1. The van der Waals surface area contributed by atoms with Gasteiger partial charge in [0.25, 0.3) is 0 Å². The standard InChI is InChI=1S/C14H22O6/c1-6-14(4,13(19)20-5)11(16)7-10(12(17)18)8(2)9(3)15/h8,10H,6-7H2,1-5H3,(H,17,18)/t8-,10+,14-/m0/s1. The van der Waals surface area contributed by atoms with Crippen LogP contribution in [-0.2, 0) is 23.9 Å². The summed E-state index contributed by atoms with van der Waals surface area (Å²) in [5, 5.41) is 9.16. The third-order valence-electron chi connectivity index (χ3n) is 3.93. The van der Waals surface area contributed by atoms with Crippen molar-refractivity contribution in [1.29, 1.82) is 0 Å². The lowest BCUT2D eigenvalue weighted by Crippen LogP contribution is -2.40. The monoisotopic (exact) mass is 286 g/mol.